The largest absolute Gasteiger partial charge is 0.258 e. The number of hydrogen-bond donors (Lipinski definition) is 1. The van der Waals surface area contributed by atoms with Crippen molar-refractivity contribution in [3.63, 3.8) is 0 Å². The minimum atomic E-state index is -3.60. The van der Waals surface area contributed by atoms with Gasteiger partial charge < -0.3 is 0 Å². The van der Waals surface area contributed by atoms with Crippen LogP contribution in [0.3, 0.4) is 0 Å². The molecule has 0 bridgehead atoms. The highest BCUT2D eigenvalue weighted by Gasteiger charge is 2.12. The molecule has 0 unspecified atom stereocenters. The highest BCUT2D eigenvalue weighted by molar-refractivity contribution is 7.93. The Hall–Kier alpha value is -1.65. The van der Waals surface area contributed by atoms with Crippen molar-refractivity contribution in [2.24, 2.45) is 0 Å². The van der Waals surface area contributed by atoms with E-state index in [1.807, 2.05) is 18.2 Å². The number of hydrogen-bond acceptors (Lipinski definition) is 5. The first-order valence-corrected chi connectivity index (χ1v) is 6.80. The number of rotatable bonds is 3. The molecular formula is C9H7N3O2S2. The Labute approximate surface area is 96.4 Å². The lowest BCUT2D eigenvalue weighted by Crippen LogP contribution is -2.15. The number of nitrogens with one attached hydrogen (secondary N) is 1. The van der Waals surface area contributed by atoms with Crippen LogP contribution in [0.15, 0.2) is 24.3 Å². The molecule has 1 aromatic heterocycles. The van der Waals surface area contributed by atoms with Crippen molar-refractivity contribution >= 4 is 36.7 Å². The van der Waals surface area contributed by atoms with E-state index < -0.39 is 15.8 Å². The molecule has 82 valence electrons. The van der Waals surface area contributed by atoms with Crippen LogP contribution in [0.25, 0.3) is 10.2 Å². The fourth-order valence-corrected chi connectivity index (χ4v) is 2.99. The van der Waals surface area contributed by atoms with Crippen molar-refractivity contribution in [2.45, 2.75) is 0 Å². The van der Waals surface area contributed by atoms with Crippen LogP contribution in [0.5, 0.6) is 0 Å². The predicted molar refractivity (Wildman–Crippen MR) is 62.6 cm³/mol. The van der Waals surface area contributed by atoms with Crippen LogP contribution < -0.4 is 4.72 Å². The lowest BCUT2D eigenvalue weighted by molar-refractivity contribution is 0.604. The van der Waals surface area contributed by atoms with E-state index in [1.54, 1.807) is 12.1 Å². The fraction of sp³-hybridized carbons (Fsp3) is 0.111. The van der Waals surface area contributed by atoms with Crippen LogP contribution in [0.1, 0.15) is 0 Å². The molecule has 0 fully saturated rings. The Morgan fingerprint density at radius 3 is 2.88 bits per heavy atom. The van der Waals surface area contributed by atoms with E-state index in [9.17, 15) is 8.42 Å². The van der Waals surface area contributed by atoms with E-state index in [0.29, 0.717) is 0 Å². The summed E-state index contributed by atoms with van der Waals surface area (Å²) in [5.41, 5.74) is 0.738. The number of fused-ring (bicyclic) bond motifs is 1. The zero-order valence-electron chi connectivity index (χ0n) is 8.04. The second-order valence-electron chi connectivity index (χ2n) is 3.01. The number of aromatic nitrogens is 1. The standard InChI is InChI=1S/C9H7N3O2S2/c10-5-6-16(13,14)12-9-11-7-3-1-2-4-8(7)15-9/h1-4H,6H2,(H,11,12). The first-order chi connectivity index (χ1) is 7.61. The SMILES string of the molecule is N#CCS(=O)(=O)Nc1nc2ccccc2s1. The summed E-state index contributed by atoms with van der Waals surface area (Å²) in [5, 5.41) is 8.62. The molecule has 2 aromatic rings. The molecule has 0 saturated heterocycles. The summed E-state index contributed by atoms with van der Waals surface area (Å²) in [4.78, 5) is 4.10. The second kappa shape index (κ2) is 4.08. The van der Waals surface area contributed by atoms with Gasteiger partial charge in [-0.1, -0.05) is 23.5 Å². The molecular weight excluding hydrogens is 246 g/mol. The molecule has 2 rings (SSSR count). The molecule has 1 heterocycles. The average Bonchev–Trinajstić information content (AvgIpc) is 2.58. The quantitative estimate of drug-likeness (QED) is 0.899. The normalized spacial score (nSPS) is 11.2. The summed E-state index contributed by atoms with van der Waals surface area (Å²) >= 11 is 1.24. The maximum atomic E-state index is 11.3. The van der Waals surface area contributed by atoms with Crippen LogP contribution in [-0.2, 0) is 10.0 Å². The Morgan fingerprint density at radius 2 is 2.19 bits per heavy atom. The van der Waals surface area contributed by atoms with Crippen molar-refractivity contribution < 1.29 is 8.42 Å². The minimum absolute atomic E-state index is 0.288. The van der Waals surface area contributed by atoms with E-state index in [-0.39, 0.29) is 5.13 Å². The van der Waals surface area contributed by atoms with Crippen molar-refractivity contribution in [3.05, 3.63) is 24.3 Å². The molecule has 0 aliphatic rings. The third-order valence-corrected chi connectivity index (χ3v) is 3.89. The number of anilines is 1. The van der Waals surface area contributed by atoms with Crippen molar-refractivity contribution in [2.75, 3.05) is 10.5 Å². The van der Waals surface area contributed by atoms with Crippen LogP contribution in [0.2, 0.25) is 0 Å². The number of thiazole rings is 1. The monoisotopic (exact) mass is 253 g/mol. The van der Waals surface area contributed by atoms with E-state index in [0.717, 1.165) is 10.2 Å². The molecule has 0 aliphatic carbocycles. The van der Waals surface area contributed by atoms with Gasteiger partial charge in [0.1, 0.15) is 0 Å². The summed E-state index contributed by atoms with van der Waals surface area (Å²) in [6.45, 7) is 0. The van der Waals surface area contributed by atoms with Crippen molar-refractivity contribution in [1.82, 2.24) is 4.98 Å². The maximum Gasteiger partial charge on any atom is 0.247 e. The second-order valence-corrected chi connectivity index (χ2v) is 5.76. The lowest BCUT2D eigenvalue weighted by Gasteiger charge is -1.98. The van der Waals surface area contributed by atoms with Gasteiger partial charge in [0, 0.05) is 0 Å². The van der Waals surface area contributed by atoms with Crippen LogP contribution in [0, 0.1) is 11.3 Å². The first kappa shape index (κ1) is 10.9. The van der Waals surface area contributed by atoms with Crippen molar-refractivity contribution in [3.8, 4) is 6.07 Å². The average molecular weight is 253 g/mol. The first-order valence-electron chi connectivity index (χ1n) is 4.34. The van der Waals surface area contributed by atoms with Crippen LogP contribution in [0.4, 0.5) is 5.13 Å². The molecule has 5 nitrogen and oxygen atoms in total. The van der Waals surface area contributed by atoms with Gasteiger partial charge >= 0.3 is 0 Å². The molecule has 1 aromatic carbocycles. The van der Waals surface area contributed by atoms with Gasteiger partial charge in [-0.3, -0.25) is 4.72 Å². The molecule has 0 atom stereocenters. The van der Waals surface area contributed by atoms with Gasteiger partial charge in [-0.15, -0.1) is 0 Å². The number of nitrogens with zero attached hydrogens (tertiary/aromatic N) is 2. The third kappa shape index (κ3) is 2.29. The zero-order chi connectivity index (χ0) is 11.6. The van der Waals surface area contributed by atoms with Crippen LogP contribution in [-0.4, -0.2) is 19.2 Å². The molecule has 0 amide bonds. The highest BCUT2D eigenvalue weighted by atomic mass is 32.2. The molecule has 0 saturated carbocycles. The highest BCUT2D eigenvalue weighted by Crippen LogP contribution is 2.25. The van der Waals surface area contributed by atoms with E-state index >= 15 is 0 Å². The summed E-state index contributed by atoms with van der Waals surface area (Å²) < 4.78 is 25.8. The number of benzene rings is 1. The third-order valence-electron chi connectivity index (χ3n) is 1.79. The summed E-state index contributed by atoms with van der Waals surface area (Å²) in [6.07, 6.45) is 0. The Morgan fingerprint density at radius 1 is 1.44 bits per heavy atom. The maximum absolute atomic E-state index is 11.3. The minimum Gasteiger partial charge on any atom is -0.258 e. The van der Waals surface area contributed by atoms with E-state index in [1.165, 1.54) is 11.3 Å². The van der Waals surface area contributed by atoms with Gasteiger partial charge in [0.2, 0.25) is 10.0 Å². The Kier molecular flexibility index (Phi) is 2.77. The van der Waals surface area contributed by atoms with Gasteiger partial charge in [-0.05, 0) is 12.1 Å². The zero-order valence-corrected chi connectivity index (χ0v) is 9.68. The predicted octanol–water partition coefficient (Wildman–Crippen LogP) is 1.56. The summed E-state index contributed by atoms with van der Waals surface area (Å²) in [7, 11) is -3.60. The van der Waals surface area contributed by atoms with Gasteiger partial charge in [-0.2, -0.15) is 5.26 Å². The summed E-state index contributed by atoms with van der Waals surface area (Å²) in [6, 6.07) is 8.93. The lowest BCUT2D eigenvalue weighted by atomic mass is 10.3. The number of sulfonamides is 1. The molecule has 1 N–H and O–H groups in total. The Balaban J connectivity index is 2.33. The molecule has 16 heavy (non-hydrogen) atoms. The fourth-order valence-electron chi connectivity index (χ4n) is 1.17. The van der Waals surface area contributed by atoms with Gasteiger partial charge in [0.15, 0.2) is 10.9 Å². The number of nitriles is 1. The smallest absolute Gasteiger partial charge is 0.247 e. The molecule has 0 radical (unpaired) electrons. The molecule has 7 heteroatoms. The van der Waals surface area contributed by atoms with E-state index in [2.05, 4.69) is 9.71 Å². The van der Waals surface area contributed by atoms with Gasteiger partial charge in [-0.25, -0.2) is 13.4 Å². The van der Waals surface area contributed by atoms with Gasteiger partial charge in [0.25, 0.3) is 0 Å². The number of para-hydroxylation sites is 1. The Bertz CT molecular complexity index is 622. The van der Waals surface area contributed by atoms with Crippen molar-refractivity contribution in [1.29, 1.82) is 5.26 Å². The summed E-state index contributed by atoms with van der Waals surface area (Å²) in [5.74, 6) is -0.567. The van der Waals surface area contributed by atoms with Gasteiger partial charge in [0.05, 0.1) is 16.3 Å². The molecule has 0 spiro atoms. The van der Waals surface area contributed by atoms with Crippen LogP contribution >= 0.6 is 11.3 Å². The molecule has 0 aliphatic heterocycles. The topological polar surface area (TPSA) is 82.8 Å². The van der Waals surface area contributed by atoms with E-state index in [4.69, 9.17) is 5.26 Å².